The van der Waals surface area contributed by atoms with Gasteiger partial charge in [-0.05, 0) is 43.3 Å². The van der Waals surface area contributed by atoms with Gasteiger partial charge in [-0.1, -0.05) is 0 Å². The number of rotatable bonds is 6. The molecule has 0 spiro atoms. The van der Waals surface area contributed by atoms with Gasteiger partial charge < -0.3 is 14.9 Å². The molecule has 2 aromatic rings. The number of hydrogen-bond donors (Lipinski definition) is 2. The van der Waals surface area contributed by atoms with Crippen LogP contribution in [0.4, 0.5) is 0 Å². The third-order valence-electron chi connectivity index (χ3n) is 2.84. The second-order valence-electron chi connectivity index (χ2n) is 4.36. The van der Waals surface area contributed by atoms with E-state index < -0.39 is 0 Å². The van der Waals surface area contributed by atoms with Crippen LogP contribution in [0, 0.1) is 0 Å². The van der Waals surface area contributed by atoms with Gasteiger partial charge >= 0.3 is 0 Å². The van der Waals surface area contributed by atoms with E-state index in [0.717, 1.165) is 11.2 Å². The van der Waals surface area contributed by atoms with Gasteiger partial charge in [0.1, 0.15) is 12.0 Å². The Morgan fingerprint density at radius 1 is 1.19 bits per heavy atom. The van der Waals surface area contributed by atoms with E-state index in [1.54, 1.807) is 30.3 Å². The molecular formula is C16H16O4S. The number of thioether (sulfide) groups is 1. The first-order valence-corrected chi connectivity index (χ1v) is 7.48. The monoisotopic (exact) mass is 304 g/mol. The highest BCUT2D eigenvalue weighted by Crippen LogP contribution is 2.35. The number of aromatic hydroxyl groups is 2. The maximum atomic E-state index is 11.0. The molecule has 0 saturated heterocycles. The molecule has 0 atom stereocenters. The zero-order chi connectivity index (χ0) is 15.2. The van der Waals surface area contributed by atoms with Gasteiger partial charge in [0, 0.05) is 21.8 Å². The van der Waals surface area contributed by atoms with Crippen LogP contribution >= 0.6 is 11.8 Å². The number of benzene rings is 2. The minimum Gasteiger partial charge on any atom is -0.508 e. The van der Waals surface area contributed by atoms with Crippen molar-refractivity contribution in [1.82, 2.24) is 0 Å². The summed E-state index contributed by atoms with van der Waals surface area (Å²) in [6, 6.07) is 9.98. The van der Waals surface area contributed by atoms with Gasteiger partial charge in [0.25, 0.3) is 0 Å². The Hall–Kier alpha value is -2.14. The third kappa shape index (κ3) is 3.92. The lowest BCUT2D eigenvalue weighted by Crippen LogP contribution is -1.96. The van der Waals surface area contributed by atoms with Crippen LogP contribution in [0.1, 0.15) is 22.8 Å². The number of ether oxygens (including phenoxy) is 1. The Kier molecular flexibility index (Phi) is 5.11. The Bertz CT molecular complexity index is 623. The first kappa shape index (κ1) is 15.3. The van der Waals surface area contributed by atoms with Crippen molar-refractivity contribution in [2.24, 2.45) is 0 Å². The van der Waals surface area contributed by atoms with Gasteiger partial charge in [-0.2, -0.15) is 0 Å². The molecule has 0 fully saturated rings. The molecular weight excluding hydrogens is 288 g/mol. The minimum atomic E-state index is 0.0636. The number of carbonyl (C=O) groups is 1. The average Bonchev–Trinajstić information content (AvgIpc) is 2.50. The van der Waals surface area contributed by atoms with Crippen molar-refractivity contribution >= 4 is 18.0 Å². The van der Waals surface area contributed by atoms with E-state index in [0.29, 0.717) is 29.2 Å². The number of phenols is 2. The van der Waals surface area contributed by atoms with E-state index >= 15 is 0 Å². The molecule has 0 saturated carbocycles. The van der Waals surface area contributed by atoms with Crippen molar-refractivity contribution in [2.45, 2.75) is 17.6 Å². The van der Waals surface area contributed by atoms with E-state index in [2.05, 4.69) is 0 Å². The van der Waals surface area contributed by atoms with Crippen LogP contribution in [0.15, 0.2) is 41.3 Å². The van der Waals surface area contributed by atoms with Crippen molar-refractivity contribution in [3.05, 3.63) is 47.5 Å². The quantitative estimate of drug-likeness (QED) is 0.630. The molecule has 0 amide bonds. The molecule has 0 aliphatic rings. The number of aldehydes is 1. The maximum absolute atomic E-state index is 11.0. The fraction of sp³-hybridized carbons (Fsp3) is 0.188. The van der Waals surface area contributed by atoms with Crippen LogP contribution in [0.25, 0.3) is 0 Å². The Labute approximate surface area is 127 Å². The second-order valence-corrected chi connectivity index (χ2v) is 5.41. The molecule has 21 heavy (non-hydrogen) atoms. The molecule has 110 valence electrons. The first-order chi connectivity index (χ1) is 10.1. The Balaban J connectivity index is 2.20. The topological polar surface area (TPSA) is 66.8 Å². The fourth-order valence-electron chi connectivity index (χ4n) is 1.84. The minimum absolute atomic E-state index is 0.0636. The molecule has 2 aromatic carbocycles. The Morgan fingerprint density at radius 3 is 2.52 bits per heavy atom. The summed E-state index contributed by atoms with van der Waals surface area (Å²) in [5.41, 5.74) is 1.11. The Morgan fingerprint density at radius 2 is 1.90 bits per heavy atom. The highest BCUT2D eigenvalue weighted by atomic mass is 32.2. The lowest BCUT2D eigenvalue weighted by Gasteiger charge is -2.11. The molecule has 0 unspecified atom stereocenters. The van der Waals surface area contributed by atoms with Crippen molar-refractivity contribution in [3.8, 4) is 17.2 Å². The molecule has 2 N–H and O–H groups in total. The smallest absolute Gasteiger partial charge is 0.161 e. The van der Waals surface area contributed by atoms with Gasteiger partial charge in [0.05, 0.1) is 6.61 Å². The SMILES string of the molecule is CCOc1cc(C=O)cc(CSc2ccc(O)cc2)c1O. The van der Waals surface area contributed by atoms with Crippen molar-refractivity contribution in [2.75, 3.05) is 6.61 Å². The lowest BCUT2D eigenvalue weighted by atomic mass is 10.1. The van der Waals surface area contributed by atoms with Crippen LogP contribution in [0.2, 0.25) is 0 Å². The van der Waals surface area contributed by atoms with Gasteiger partial charge in [0.15, 0.2) is 11.5 Å². The van der Waals surface area contributed by atoms with Crippen LogP contribution in [0.3, 0.4) is 0 Å². The lowest BCUT2D eigenvalue weighted by molar-refractivity contribution is 0.112. The largest absolute Gasteiger partial charge is 0.508 e. The van der Waals surface area contributed by atoms with Gasteiger partial charge in [-0.25, -0.2) is 0 Å². The summed E-state index contributed by atoms with van der Waals surface area (Å²) < 4.78 is 5.34. The van der Waals surface area contributed by atoms with E-state index in [1.165, 1.54) is 17.8 Å². The number of carbonyl (C=O) groups excluding carboxylic acids is 1. The summed E-state index contributed by atoms with van der Waals surface area (Å²) >= 11 is 1.50. The molecule has 0 aliphatic carbocycles. The molecule has 0 aromatic heterocycles. The predicted molar refractivity (Wildman–Crippen MR) is 82.3 cm³/mol. The van der Waals surface area contributed by atoms with Crippen LogP contribution in [0.5, 0.6) is 17.2 Å². The van der Waals surface area contributed by atoms with E-state index in [4.69, 9.17) is 4.74 Å². The van der Waals surface area contributed by atoms with E-state index in [1.807, 2.05) is 6.92 Å². The summed E-state index contributed by atoms with van der Waals surface area (Å²) in [6.07, 6.45) is 0.733. The summed E-state index contributed by atoms with van der Waals surface area (Å²) in [5.74, 6) is 1.10. The third-order valence-corrected chi connectivity index (χ3v) is 3.90. The number of hydrogen-bond acceptors (Lipinski definition) is 5. The highest BCUT2D eigenvalue weighted by Gasteiger charge is 2.11. The predicted octanol–water partition coefficient (Wildman–Crippen LogP) is 3.60. The van der Waals surface area contributed by atoms with Crippen molar-refractivity contribution < 1.29 is 19.7 Å². The summed E-state index contributed by atoms with van der Waals surface area (Å²) in [6.45, 7) is 2.23. The summed E-state index contributed by atoms with van der Waals surface area (Å²) in [5, 5.41) is 19.4. The molecule has 2 rings (SSSR count). The molecule has 0 heterocycles. The fourth-order valence-corrected chi connectivity index (χ4v) is 2.71. The number of phenolic OH excluding ortho intramolecular Hbond substituents is 2. The summed E-state index contributed by atoms with van der Waals surface area (Å²) in [7, 11) is 0. The normalized spacial score (nSPS) is 10.3. The van der Waals surface area contributed by atoms with Crippen LogP contribution in [-0.4, -0.2) is 23.1 Å². The zero-order valence-corrected chi connectivity index (χ0v) is 12.4. The first-order valence-electron chi connectivity index (χ1n) is 6.49. The van der Waals surface area contributed by atoms with Crippen LogP contribution in [-0.2, 0) is 5.75 Å². The average molecular weight is 304 g/mol. The van der Waals surface area contributed by atoms with Gasteiger partial charge in [0.2, 0.25) is 0 Å². The van der Waals surface area contributed by atoms with Crippen molar-refractivity contribution in [3.63, 3.8) is 0 Å². The van der Waals surface area contributed by atoms with Crippen LogP contribution < -0.4 is 4.74 Å². The highest BCUT2D eigenvalue weighted by molar-refractivity contribution is 7.98. The molecule has 5 heteroatoms. The summed E-state index contributed by atoms with van der Waals surface area (Å²) in [4.78, 5) is 11.9. The molecule has 0 aliphatic heterocycles. The molecule has 4 nitrogen and oxygen atoms in total. The second kappa shape index (κ2) is 7.04. The van der Waals surface area contributed by atoms with Gasteiger partial charge in [-0.15, -0.1) is 11.8 Å². The maximum Gasteiger partial charge on any atom is 0.161 e. The standard InChI is InChI=1S/C16H16O4S/c1-2-20-15-8-11(9-17)7-12(16(15)19)10-21-14-5-3-13(18)4-6-14/h3-9,18-19H,2,10H2,1H3. The molecule has 0 bridgehead atoms. The van der Waals surface area contributed by atoms with E-state index in [9.17, 15) is 15.0 Å². The van der Waals surface area contributed by atoms with Gasteiger partial charge in [-0.3, -0.25) is 4.79 Å². The van der Waals surface area contributed by atoms with Crippen molar-refractivity contribution in [1.29, 1.82) is 0 Å². The molecule has 0 radical (unpaired) electrons. The van der Waals surface area contributed by atoms with E-state index in [-0.39, 0.29) is 11.5 Å². The zero-order valence-electron chi connectivity index (χ0n) is 11.6.